The minimum atomic E-state index is -0.352. The van der Waals surface area contributed by atoms with Gasteiger partial charge in [-0.1, -0.05) is 35.7 Å². The fourth-order valence-electron chi connectivity index (χ4n) is 2.91. The molecule has 2 rings (SSSR count). The van der Waals surface area contributed by atoms with Gasteiger partial charge < -0.3 is 5.32 Å². The van der Waals surface area contributed by atoms with Crippen molar-refractivity contribution in [3.8, 4) is 0 Å². The standard InChI is InChI=1S/C15H18Br2FNO/c1-10-3-2-6-15(8-10,9-16)19-14(20)12-5-4-11(18)7-13(12)17/h4-5,7,10H,2-3,6,8-9H2,1H3,(H,19,20). The van der Waals surface area contributed by atoms with E-state index in [9.17, 15) is 9.18 Å². The Morgan fingerprint density at radius 2 is 2.30 bits per heavy atom. The highest BCUT2D eigenvalue weighted by Gasteiger charge is 2.35. The molecule has 0 aliphatic heterocycles. The third kappa shape index (κ3) is 3.61. The summed E-state index contributed by atoms with van der Waals surface area (Å²) in [6, 6.07) is 4.14. The topological polar surface area (TPSA) is 29.1 Å². The number of amides is 1. The van der Waals surface area contributed by atoms with Gasteiger partial charge >= 0.3 is 0 Å². The fraction of sp³-hybridized carbons (Fsp3) is 0.533. The molecule has 1 aromatic carbocycles. The highest BCUT2D eigenvalue weighted by Crippen LogP contribution is 2.34. The van der Waals surface area contributed by atoms with Crippen LogP contribution >= 0.6 is 31.9 Å². The average Bonchev–Trinajstić information content (AvgIpc) is 2.38. The number of nitrogens with one attached hydrogen (secondary N) is 1. The zero-order valence-electron chi connectivity index (χ0n) is 11.4. The number of carbonyl (C=O) groups is 1. The molecule has 0 saturated heterocycles. The first kappa shape index (κ1) is 16.0. The number of hydrogen-bond donors (Lipinski definition) is 1. The second-order valence-electron chi connectivity index (χ2n) is 5.69. The SMILES string of the molecule is CC1CCCC(CBr)(NC(=O)c2ccc(F)cc2Br)C1. The van der Waals surface area contributed by atoms with Gasteiger partial charge in [-0.15, -0.1) is 0 Å². The van der Waals surface area contributed by atoms with Crippen LogP contribution in [0.1, 0.15) is 43.0 Å². The molecule has 1 aliphatic rings. The van der Waals surface area contributed by atoms with Crippen LogP contribution in [-0.4, -0.2) is 16.8 Å². The molecular weight excluding hydrogens is 389 g/mol. The Morgan fingerprint density at radius 1 is 1.55 bits per heavy atom. The molecule has 1 aliphatic carbocycles. The van der Waals surface area contributed by atoms with Gasteiger partial charge in [0, 0.05) is 9.80 Å². The summed E-state index contributed by atoms with van der Waals surface area (Å²) in [5.74, 6) is 0.110. The second-order valence-corrected chi connectivity index (χ2v) is 7.11. The quantitative estimate of drug-likeness (QED) is 0.726. The molecule has 1 saturated carbocycles. The van der Waals surface area contributed by atoms with E-state index < -0.39 is 0 Å². The van der Waals surface area contributed by atoms with Gasteiger partial charge in [-0.05, 0) is 52.9 Å². The smallest absolute Gasteiger partial charge is 0.252 e. The van der Waals surface area contributed by atoms with Crippen molar-refractivity contribution in [3.63, 3.8) is 0 Å². The molecule has 1 amide bonds. The Hall–Kier alpha value is -0.420. The van der Waals surface area contributed by atoms with Gasteiger partial charge in [0.15, 0.2) is 0 Å². The van der Waals surface area contributed by atoms with Crippen molar-refractivity contribution < 1.29 is 9.18 Å². The molecule has 2 atom stereocenters. The summed E-state index contributed by atoms with van der Waals surface area (Å²) in [4.78, 5) is 12.4. The van der Waals surface area contributed by atoms with Gasteiger partial charge in [0.05, 0.1) is 11.1 Å². The summed E-state index contributed by atoms with van der Waals surface area (Å²) in [5, 5.41) is 3.90. The molecule has 1 fully saturated rings. The highest BCUT2D eigenvalue weighted by molar-refractivity contribution is 9.10. The van der Waals surface area contributed by atoms with Crippen molar-refractivity contribution >= 4 is 37.8 Å². The monoisotopic (exact) mass is 405 g/mol. The molecule has 0 aromatic heterocycles. The van der Waals surface area contributed by atoms with E-state index in [-0.39, 0.29) is 17.3 Å². The van der Waals surface area contributed by atoms with E-state index in [1.165, 1.54) is 24.6 Å². The largest absolute Gasteiger partial charge is 0.346 e. The molecule has 0 bridgehead atoms. The van der Waals surface area contributed by atoms with E-state index in [0.29, 0.717) is 16.0 Å². The summed E-state index contributed by atoms with van der Waals surface area (Å²) in [7, 11) is 0. The van der Waals surface area contributed by atoms with Crippen LogP contribution in [0.15, 0.2) is 22.7 Å². The lowest BCUT2D eigenvalue weighted by molar-refractivity contribution is 0.0868. The van der Waals surface area contributed by atoms with Crippen LogP contribution in [0.5, 0.6) is 0 Å². The number of alkyl halides is 1. The van der Waals surface area contributed by atoms with Crippen LogP contribution in [0.3, 0.4) is 0 Å². The maximum atomic E-state index is 13.1. The van der Waals surface area contributed by atoms with E-state index >= 15 is 0 Å². The highest BCUT2D eigenvalue weighted by atomic mass is 79.9. The Balaban J connectivity index is 2.16. The van der Waals surface area contributed by atoms with Gasteiger partial charge in [0.25, 0.3) is 5.91 Å². The van der Waals surface area contributed by atoms with Crippen molar-refractivity contribution in [1.82, 2.24) is 5.32 Å². The van der Waals surface area contributed by atoms with Crippen molar-refractivity contribution in [1.29, 1.82) is 0 Å². The summed E-state index contributed by atoms with van der Waals surface area (Å²) < 4.78 is 13.6. The Morgan fingerprint density at radius 3 is 2.90 bits per heavy atom. The van der Waals surface area contributed by atoms with Crippen LogP contribution in [0, 0.1) is 11.7 Å². The second kappa shape index (κ2) is 6.56. The number of hydrogen-bond acceptors (Lipinski definition) is 1. The average molecular weight is 407 g/mol. The maximum absolute atomic E-state index is 13.1. The van der Waals surface area contributed by atoms with Gasteiger partial charge in [0.1, 0.15) is 5.82 Å². The lowest BCUT2D eigenvalue weighted by atomic mass is 9.77. The van der Waals surface area contributed by atoms with Crippen LogP contribution in [0.25, 0.3) is 0 Å². The lowest BCUT2D eigenvalue weighted by Gasteiger charge is -2.39. The summed E-state index contributed by atoms with van der Waals surface area (Å²) in [6.45, 7) is 2.22. The first-order valence-electron chi connectivity index (χ1n) is 6.79. The molecule has 0 heterocycles. The number of carbonyl (C=O) groups excluding carboxylic acids is 1. The molecule has 0 spiro atoms. The van der Waals surface area contributed by atoms with Crippen LogP contribution in [0.4, 0.5) is 4.39 Å². The van der Waals surface area contributed by atoms with E-state index in [4.69, 9.17) is 0 Å². The van der Waals surface area contributed by atoms with Gasteiger partial charge in [0.2, 0.25) is 0 Å². The fourth-order valence-corrected chi connectivity index (χ4v) is 4.09. The van der Waals surface area contributed by atoms with Gasteiger partial charge in [-0.3, -0.25) is 4.79 Å². The molecule has 20 heavy (non-hydrogen) atoms. The van der Waals surface area contributed by atoms with Crippen molar-refractivity contribution in [2.45, 2.75) is 38.1 Å². The van der Waals surface area contributed by atoms with E-state index in [1.54, 1.807) is 0 Å². The number of benzene rings is 1. The first-order chi connectivity index (χ1) is 9.46. The Bertz CT molecular complexity index is 509. The molecule has 2 unspecified atom stereocenters. The Labute approximate surface area is 135 Å². The third-order valence-corrected chi connectivity index (χ3v) is 5.63. The van der Waals surface area contributed by atoms with Crippen molar-refractivity contribution in [2.75, 3.05) is 5.33 Å². The normalized spacial score (nSPS) is 26.3. The molecule has 2 nitrogen and oxygen atoms in total. The summed E-state index contributed by atoms with van der Waals surface area (Å²) >= 11 is 6.79. The molecule has 5 heteroatoms. The predicted molar refractivity (Wildman–Crippen MR) is 85.7 cm³/mol. The zero-order chi connectivity index (χ0) is 14.8. The lowest BCUT2D eigenvalue weighted by Crippen LogP contribution is -2.52. The van der Waals surface area contributed by atoms with Gasteiger partial charge in [-0.25, -0.2) is 4.39 Å². The minimum Gasteiger partial charge on any atom is -0.346 e. The molecule has 0 radical (unpaired) electrons. The van der Waals surface area contributed by atoms with Crippen LogP contribution in [0.2, 0.25) is 0 Å². The summed E-state index contributed by atoms with van der Waals surface area (Å²) in [6.07, 6.45) is 4.29. The predicted octanol–water partition coefficient (Wildman–Crippen LogP) is 4.66. The molecular formula is C15H18Br2FNO. The number of halogens is 3. The molecule has 1 aromatic rings. The van der Waals surface area contributed by atoms with Gasteiger partial charge in [-0.2, -0.15) is 0 Å². The van der Waals surface area contributed by atoms with Crippen molar-refractivity contribution in [3.05, 3.63) is 34.1 Å². The first-order valence-corrected chi connectivity index (χ1v) is 8.71. The third-order valence-electron chi connectivity index (χ3n) is 3.90. The summed E-state index contributed by atoms with van der Waals surface area (Å²) in [5.41, 5.74) is 0.285. The van der Waals surface area contributed by atoms with E-state index in [0.717, 1.165) is 24.6 Å². The number of rotatable bonds is 3. The molecule has 1 N–H and O–H groups in total. The van der Waals surface area contributed by atoms with Crippen LogP contribution < -0.4 is 5.32 Å². The van der Waals surface area contributed by atoms with Crippen molar-refractivity contribution in [2.24, 2.45) is 5.92 Å². The maximum Gasteiger partial charge on any atom is 0.252 e. The van der Waals surface area contributed by atoms with E-state index in [1.807, 2.05) is 0 Å². The van der Waals surface area contributed by atoms with E-state index in [2.05, 4.69) is 44.1 Å². The minimum absolute atomic E-state index is 0.148. The Kier molecular flexibility index (Phi) is 5.24. The zero-order valence-corrected chi connectivity index (χ0v) is 14.6. The van der Waals surface area contributed by atoms with Crippen LogP contribution in [-0.2, 0) is 0 Å². The molecule has 110 valence electrons.